The summed E-state index contributed by atoms with van der Waals surface area (Å²) in [5.41, 5.74) is 7.27. The number of nitrogens with two attached hydrogens (primary N) is 1. The maximum absolute atomic E-state index is 13.8. The van der Waals surface area contributed by atoms with Gasteiger partial charge in [-0.25, -0.2) is 9.37 Å². The van der Waals surface area contributed by atoms with Crippen LogP contribution < -0.4 is 5.73 Å². The van der Waals surface area contributed by atoms with Gasteiger partial charge in [0.05, 0.1) is 24.6 Å². The zero-order valence-corrected chi connectivity index (χ0v) is 10.3. The Kier molecular flexibility index (Phi) is 2.80. The highest BCUT2D eigenvalue weighted by molar-refractivity contribution is 5.76. The lowest BCUT2D eigenvalue weighted by Crippen LogP contribution is -2.28. The molecule has 0 spiro atoms. The summed E-state index contributed by atoms with van der Waals surface area (Å²) in [7, 11) is 0. The minimum Gasteiger partial charge on any atom is -0.379 e. The zero-order chi connectivity index (χ0) is 12.7. The van der Waals surface area contributed by atoms with Gasteiger partial charge in [0.25, 0.3) is 0 Å². The molecular weight excluding hydrogens is 233 g/mol. The molecule has 1 saturated heterocycles. The summed E-state index contributed by atoms with van der Waals surface area (Å²) < 4.78 is 21.2. The molecule has 2 atom stereocenters. The fourth-order valence-corrected chi connectivity index (χ4v) is 2.58. The second-order valence-electron chi connectivity index (χ2n) is 4.63. The highest BCUT2D eigenvalue weighted by Gasteiger charge is 2.31. The molecular formula is C13H16FN3O. The van der Waals surface area contributed by atoms with Crippen molar-refractivity contribution in [2.24, 2.45) is 5.73 Å². The molecule has 18 heavy (non-hydrogen) atoms. The van der Waals surface area contributed by atoms with Gasteiger partial charge in [-0.3, -0.25) is 0 Å². The monoisotopic (exact) mass is 249 g/mol. The van der Waals surface area contributed by atoms with Crippen molar-refractivity contribution >= 4 is 11.0 Å². The van der Waals surface area contributed by atoms with E-state index >= 15 is 0 Å². The predicted molar refractivity (Wildman–Crippen MR) is 66.9 cm³/mol. The topological polar surface area (TPSA) is 53.1 Å². The zero-order valence-electron chi connectivity index (χ0n) is 10.3. The number of para-hydroxylation sites is 1. The minimum atomic E-state index is -0.284. The van der Waals surface area contributed by atoms with Crippen molar-refractivity contribution < 1.29 is 9.13 Å². The number of hydrogen-bond donors (Lipinski definition) is 1. The number of ether oxygens (including phenoxy) is 1. The number of benzene rings is 1. The van der Waals surface area contributed by atoms with Gasteiger partial charge >= 0.3 is 0 Å². The summed E-state index contributed by atoms with van der Waals surface area (Å²) in [5, 5.41) is 0. The normalized spacial score (nSPS) is 23.9. The molecule has 0 bridgehead atoms. The maximum atomic E-state index is 13.8. The molecule has 3 rings (SSSR count). The molecule has 0 aliphatic carbocycles. The summed E-state index contributed by atoms with van der Waals surface area (Å²) in [4.78, 5) is 4.44. The van der Waals surface area contributed by atoms with Crippen LogP contribution in [0.1, 0.15) is 18.7 Å². The van der Waals surface area contributed by atoms with E-state index in [9.17, 15) is 4.39 Å². The van der Waals surface area contributed by atoms with Crippen LogP contribution in [0.4, 0.5) is 4.39 Å². The number of nitrogens with zero attached hydrogens (tertiary/aromatic N) is 2. The van der Waals surface area contributed by atoms with E-state index in [0.717, 1.165) is 17.9 Å². The molecule has 1 aliphatic rings. The second kappa shape index (κ2) is 4.33. The largest absolute Gasteiger partial charge is 0.379 e. The summed E-state index contributed by atoms with van der Waals surface area (Å²) in [6.07, 6.45) is 0. The lowest BCUT2D eigenvalue weighted by Gasteiger charge is -2.14. The predicted octanol–water partition coefficient (Wildman–Crippen LogP) is 1.64. The molecule has 1 aliphatic heterocycles. The van der Waals surface area contributed by atoms with E-state index in [1.54, 1.807) is 6.07 Å². The third-order valence-corrected chi connectivity index (χ3v) is 3.53. The van der Waals surface area contributed by atoms with E-state index < -0.39 is 0 Å². The number of aryl methyl sites for hydroxylation is 1. The lowest BCUT2D eigenvalue weighted by atomic mass is 10.0. The van der Waals surface area contributed by atoms with Crippen LogP contribution in [0.2, 0.25) is 0 Å². The quantitative estimate of drug-likeness (QED) is 0.880. The van der Waals surface area contributed by atoms with Gasteiger partial charge < -0.3 is 15.0 Å². The molecule has 96 valence electrons. The van der Waals surface area contributed by atoms with Gasteiger partial charge in [-0.15, -0.1) is 0 Å². The first-order valence-corrected chi connectivity index (χ1v) is 6.20. The highest BCUT2D eigenvalue weighted by atomic mass is 19.1. The van der Waals surface area contributed by atoms with Crippen molar-refractivity contribution in [3.8, 4) is 0 Å². The standard InChI is InChI=1S/C13H16FN3O/c1-2-17-11-5-3-4-9(14)12(11)16-13(17)8-6-18-7-10(8)15/h3-5,8,10H,2,6-7,15H2,1H3. The van der Waals surface area contributed by atoms with E-state index in [4.69, 9.17) is 10.5 Å². The molecule has 1 fully saturated rings. The van der Waals surface area contributed by atoms with Gasteiger partial charge in [0.15, 0.2) is 5.82 Å². The van der Waals surface area contributed by atoms with Gasteiger partial charge in [-0.2, -0.15) is 0 Å². The smallest absolute Gasteiger partial charge is 0.151 e. The van der Waals surface area contributed by atoms with E-state index in [1.165, 1.54) is 6.07 Å². The molecule has 1 aromatic carbocycles. The summed E-state index contributed by atoms with van der Waals surface area (Å²) >= 11 is 0. The Labute approximate surface area is 105 Å². The lowest BCUT2D eigenvalue weighted by molar-refractivity contribution is 0.190. The number of rotatable bonds is 2. The van der Waals surface area contributed by atoms with E-state index in [2.05, 4.69) is 4.98 Å². The molecule has 5 heteroatoms. The van der Waals surface area contributed by atoms with Gasteiger partial charge in [0.1, 0.15) is 11.3 Å². The Hall–Kier alpha value is -1.46. The molecule has 0 saturated carbocycles. The number of halogens is 1. The van der Waals surface area contributed by atoms with Crippen LogP contribution in [0.5, 0.6) is 0 Å². The van der Waals surface area contributed by atoms with E-state index in [-0.39, 0.29) is 17.8 Å². The molecule has 2 heterocycles. The average Bonchev–Trinajstić information content (AvgIpc) is 2.92. The summed E-state index contributed by atoms with van der Waals surface area (Å²) in [6.45, 7) is 3.88. The number of aromatic nitrogens is 2. The molecule has 2 unspecified atom stereocenters. The first-order valence-electron chi connectivity index (χ1n) is 6.20. The summed E-state index contributed by atoms with van der Waals surface area (Å²) in [6, 6.07) is 4.97. The fraction of sp³-hybridized carbons (Fsp3) is 0.462. The van der Waals surface area contributed by atoms with Crippen LogP contribution in [0, 0.1) is 5.82 Å². The first-order chi connectivity index (χ1) is 8.72. The molecule has 4 nitrogen and oxygen atoms in total. The van der Waals surface area contributed by atoms with Crippen LogP contribution >= 0.6 is 0 Å². The van der Waals surface area contributed by atoms with Gasteiger partial charge in [-0.05, 0) is 19.1 Å². The Morgan fingerprint density at radius 2 is 2.33 bits per heavy atom. The Bertz CT molecular complexity index is 581. The average molecular weight is 249 g/mol. The van der Waals surface area contributed by atoms with Crippen LogP contribution in [0.25, 0.3) is 11.0 Å². The third kappa shape index (κ3) is 1.62. The molecule has 2 aromatic rings. The molecule has 2 N–H and O–H groups in total. The van der Waals surface area contributed by atoms with Gasteiger partial charge in [0, 0.05) is 12.6 Å². The first kappa shape index (κ1) is 11.6. The van der Waals surface area contributed by atoms with Crippen LogP contribution in [-0.4, -0.2) is 28.8 Å². The van der Waals surface area contributed by atoms with Crippen molar-refractivity contribution in [2.45, 2.75) is 25.4 Å². The fourth-order valence-electron chi connectivity index (χ4n) is 2.58. The third-order valence-electron chi connectivity index (χ3n) is 3.53. The van der Waals surface area contributed by atoms with Crippen LogP contribution in [0.15, 0.2) is 18.2 Å². The molecule has 0 radical (unpaired) electrons. The van der Waals surface area contributed by atoms with Crippen molar-refractivity contribution in [1.82, 2.24) is 9.55 Å². The molecule has 1 aromatic heterocycles. The van der Waals surface area contributed by atoms with Gasteiger partial charge in [0.2, 0.25) is 0 Å². The van der Waals surface area contributed by atoms with E-state index in [0.29, 0.717) is 18.7 Å². The summed E-state index contributed by atoms with van der Waals surface area (Å²) in [5.74, 6) is 0.604. The second-order valence-corrected chi connectivity index (χ2v) is 4.63. The number of fused-ring (bicyclic) bond motifs is 1. The van der Waals surface area contributed by atoms with E-state index in [1.807, 2.05) is 17.6 Å². The highest BCUT2D eigenvalue weighted by Crippen LogP contribution is 2.28. The Morgan fingerprint density at radius 1 is 1.50 bits per heavy atom. The van der Waals surface area contributed by atoms with Crippen molar-refractivity contribution in [3.05, 3.63) is 29.8 Å². The van der Waals surface area contributed by atoms with Crippen LogP contribution in [-0.2, 0) is 11.3 Å². The van der Waals surface area contributed by atoms with Crippen molar-refractivity contribution in [2.75, 3.05) is 13.2 Å². The molecule has 0 amide bonds. The SMILES string of the molecule is CCn1c(C2COCC2N)nc2c(F)cccc21. The Balaban J connectivity index is 2.19. The van der Waals surface area contributed by atoms with Crippen molar-refractivity contribution in [3.63, 3.8) is 0 Å². The van der Waals surface area contributed by atoms with Crippen molar-refractivity contribution in [1.29, 1.82) is 0 Å². The number of hydrogen-bond acceptors (Lipinski definition) is 3. The minimum absolute atomic E-state index is 0.0525. The van der Waals surface area contributed by atoms with Gasteiger partial charge in [-0.1, -0.05) is 6.07 Å². The van der Waals surface area contributed by atoms with Crippen LogP contribution in [0.3, 0.4) is 0 Å². The maximum Gasteiger partial charge on any atom is 0.151 e. The number of imidazole rings is 1. The Morgan fingerprint density at radius 3 is 3.00 bits per heavy atom.